The number of hydrogen-bond acceptors (Lipinski definition) is 6. The van der Waals surface area contributed by atoms with E-state index in [4.69, 9.17) is 14.7 Å². The first-order valence-electron chi connectivity index (χ1n) is 6.77. The molecule has 2 atom stereocenters. The van der Waals surface area contributed by atoms with Gasteiger partial charge in [-0.15, -0.1) is 0 Å². The number of esters is 1. The third-order valence-corrected chi connectivity index (χ3v) is 2.79. The topological polar surface area (TPSA) is 109 Å². The quantitative estimate of drug-likeness (QED) is 0.751. The lowest BCUT2D eigenvalue weighted by molar-refractivity contribution is -0.151. The molecule has 0 saturated heterocycles. The molecule has 0 heterocycles. The Balaban J connectivity index is 2.70. The number of alkyl carbamates (subject to hydrolysis) is 1. The molecule has 0 aromatic heterocycles. The van der Waals surface area contributed by atoms with Crippen LogP contribution in [0.3, 0.4) is 0 Å². The van der Waals surface area contributed by atoms with Gasteiger partial charge in [0.25, 0.3) is 0 Å². The molecular weight excluding hydrogens is 288 g/mol. The first kappa shape index (κ1) is 17.7. The van der Waals surface area contributed by atoms with Gasteiger partial charge in [-0.25, -0.2) is 4.79 Å². The zero-order valence-corrected chi connectivity index (χ0v) is 12.8. The SMILES string of the molecule is CC(C)(C)OC(=O)NCC1(O)C=CC=CC1C(=O)OCC#N. The van der Waals surface area contributed by atoms with Crippen LogP contribution in [-0.4, -0.2) is 41.5 Å². The Bertz CT molecular complexity index is 527. The highest BCUT2D eigenvalue weighted by atomic mass is 16.6. The summed E-state index contributed by atoms with van der Waals surface area (Å²) in [5, 5.41) is 21.4. The highest BCUT2D eigenvalue weighted by Gasteiger charge is 2.40. The predicted octanol–water partition coefficient (Wildman–Crippen LogP) is 1.05. The standard InChI is InChI=1S/C15H20N2O5/c1-14(2,3)22-13(19)17-10-15(20)7-5-4-6-11(15)12(18)21-9-8-16/h4-7,11,20H,9-10H2,1-3H3,(H,17,19). The van der Waals surface area contributed by atoms with E-state index >= 15 is 0 Å². The number of carbonyl (C=O) groups excluding carboxylic acids is 2. The summed E-state index contributed by atoms with van der Waals surface area (Å²) in [5.74, 6) is -1.75. The monoisotopic (exact) mass is 308 g/mol. The maximum absolute atomic E-state index is 11.9. The minimum atomic E-state index is -1.64. The van der Waals surface area contributed by atoms with Gasteiger partial charge in [0.05, 0.1) is 6.54 Å². The average Bonchev–Trinajstić information content (AvgIpc) is 2.41. The van der Waals surface area contributed by atoms with Crippen molar-refractivity contribution in [2.45, 2.75) is 32.0 Å². The van der Waals surface area contributed by atoms with Gasteiger partial charge in [-0.2, -0.15) is 5.26 Å². The molecule has 7 heteroatoms. The van der Waals surface area contributed by atoms with Crippen molar-refractivity contribution in [3.63, 3.8) is 0 Å². The zero-order chi connectivity index (χ0) is 16.8. The van der Waals surface area contributed by atoms with E-state index in [2.05, 4.69) is 5.32 Å². The average molecular weight is 308 g/mol. The maximum Gasteiger partial charge on any atom is 0.407 e. The summed E-state index contributed by atoms with van der Waals surface area (Å²) in [7, 11) is 0. The molecule has 0 aromatic rings. The third kappa shape index (κ3) is 5.22. The second kappa shape index (κ2) is 7.09. The Kier molecular flexibility index (Phi) is 5.71. The highest BCUT2D eigenvalue weighted by molar-refractivity contribution is 5.77. The summed E-state index contributed by atoms with van der Waals surface area (Å²) >= 11 is 0. The number of nitrogens with zero attached hydrogens (tertiary/aromatic N) is 1. The normalized spacial score (nSPS) is 23.5. The fraction of sp³-hybridized carbons (Fsp3) is 0.533. The molecule has 120 valence electrons. The third-order valence-electron chi connectivity index (χ3n) is 2.79. The summed E-state index contributed by atoms with van der Waals surface area (Å²) in [6, 6.07) is 1.68. The van der Waals surface area contributed by atoms with Crippen LogP contribution in [0.5, 0.6) is 0 Å². The Labute approximate surface area is 129 Å². The number of rotatable bonds is 4. The Morgan fingerprint density at radius 3 is 2.68 bits per heavy atom. The maximum atomic E-state index is 11.9. The number of nitriles is 1. The predicted molar refractivity (Wildman–Crippen MR) is 77.5 cm³/mol. The van der Waals surface area contributed by atoms with Crippen LogP contribution in [0, 0.1) is 17.2 Å². The van der Waals surface area contributed by atoms with Crippen molar-refractivity contribution >= 4 is 12.1 Å². The van der Waals surface area contributed by atoms with Gasteiger partial charge in [-0.3, -0.25) is 4.79 Å². The van der Waals surface area contributed by atoms with E-state index in [-0.39, 0.29) is 6.54 Å². The van der Waals surface area contributed by atoms with E-state index in [1.54, 1.807) is 39.0 Å². The Morgan fingerprint density at radius 2 is 2.09 bits per heavy atom. The van der Waals surface area contributed by atoms with Gasteiger partial charge in [0.15, 0.2) is 6.61 Å². The van der Waals surface area contributed by atoms with Gasteiger partial charge < -0.3 is 19.9 Å². The molecule has 7 nitrogen and oxygen atoms in total. The summed E-state index contributed by atoms with van der Waals surface area (Å²) in [4.78, 5) is 23.5. The van der Waals surface area contributed by atoms with Gasteiger partial charge in [-0.1, -0.05) is 24.3 Å². The molecule has 22 heavy (non-hydrogen) atoms. The lowest BCUT2D eigenvalue weighted by Gasteiger charge is -2.32. The van der Waals surface area contributed by atoms with Crippen molar-refractivity contribution in [1.29, 1.82) is 5.26 Å². The lowest BCUT2D eigenvalue weighted by Crippen LogP contribution is -2.50. The van der Waals surface area contributed by atoms with Gasteiger partial charge in [-0.05, 0) is 20.8 Å². The van der Waals surface area contributed by atoms with Gasteiger partial charge in [0, 0.05) is 0 Å². The molecule has 0 spiro atoms. The molecule has 0 bridgehead atoms. The van der Waals surface area contributed by atoms with Crippen molar-refractivity contribution in [3.8, 4) is 6.07 Å². The number of allylic oxidation sites excluding steroid dienone is 2. The minimum Gasteiger partial charge on any atom is -0.450 e. The van der Waals surface area contributed by atoms with E-state index in [0.29, 0.717) is 0 Å². The van der Waals surface area contributed by atoms with Gasteiger partial charge in [0.2, 0.25) is 0 Å². The largest absolute Gasteiger partial charge is 0.450 e. The number of hydrogen-bond donors (Lipinski definition) is 2. The Hall–Kier alpha value is -2.33. The van der Waals surface area contributed by atoms with E-state index in [9.17, 15) is 14.7 Å². The van der Waals surface area contributed by atoms with Crippen LogP contribution in [0.2, 0.25) is 0 Å². The van der Waals surface area contributed by atoms with E-state index in [1.165, 1.54) is 12.2 Å². The van der Waals surface area contributed by atoms with E-state index in [1.807, 2.05) is 0 Å². The van der Waals surface area contributed by atoms with Crippen LogP contribution in [-0.2, 0) is 14.3 Å². The van der Waals surface area contributed by atoms with Gasteiger partial charge in [0.1, 0.15) is 23.2 Å². The Morgan fingerprint density at radius 1 is 1.41 bits per heavy atom. The molecule has 0 aliphatic heterocycles. The molecule has 1 amide bonds. The summed E-state index contributed by atoms with van der Waals surface area (Å²) < 4.78 is 9.80. The van der Waals surface area contributed by atoms with Crippen molar-refractivity contribution in [2.75, 3.05) is 13.2 Å². The molecule has 2 unspecified atom stereocenters. The number of nitrogens with one attached hydrogen (secondary N) is 1. The highest BCUT2D eigenvalue weighted by Crippen LogP contribution is 2.25. The molecule has 1 rings (SSSR count). The second-order valence-electron chi connectivity index (χ2n) is 5.83. The molecular formula is C15H20N2O5. The zero-order valence-electron chi connectivity index (χ0n) is 12.8. The second-order valence-corrected chi connectivity index (χ2v) is 5.83. The number of carbonyl (C=O) groups is 2. The van der Waals surface area contributed by atoms with Gasteiger partial charge >= 0.3 is 12.1 Å². The lowest BCUT2D eigenvalue weighted by atomic mass is 9.83. The van der Waals surface area contributed by atoms with E-state index < -0.39 is 35.8 Å². The fourth-order valence-corrected chi connectivity index (χ4v) is 1.84. The number of ether oxygens (including phenoxy) is 2. The van der Waals surface area contributed by atoms with Crippen LogP contribution in [0.25, 0.3) is 0 Å². The minimum absolute atomic E-state index is 0.227. The number of amides is 1. The molecule has 2 N–H and O–H groups in total. The fourth-order valence-electron chi connectivity index (χ4n) is 1.84. The van der Waals surface area contributed by atoms with Crippen molar-refractivity contribution in [1.82, 2.24) is 5.32 Å². The first-order valence-corrected chi connectivity index (χ1v) is 6.77. The van der Waals surface area contributed by atoms with Crippen molar-refractivity contribution in [2.24, 2.45) is 5.92 Å². The van der Waals surface area contributed by atoms with Crippen molar-refractivity contribution < 1.29 is 24.2 Å². The summed E-state index contributed by atoms with van der Waals surface area (Å²) in [6.45, 7) is 4.52. The van der Waals surface area contributed by atoms with Crippen LogP contribution in [0.15, 0.2) is 24.3 Å². The summed E-state index contributed by atoms with van der Waals surface area (Å²) in [6.07, 6.45) is 5.29. The molecule has 0 aromatic carbocycles. The van der Waals surface area contributed by atoms with Crippen LogP contribution < -0.4 is 5.32 Å². The molecule has 0 saturated carbocycles. The molecule has 0 radical (unpaired) electrons. The smallest absolute Gasteiger partial charge is 0.407 e. The number of aliphatic hydroxyl groups is 1. The van der Waals surface area contributed by atoms with Crippen LogP contribution in [0.4, 0.5) is 4.79 Å². The molecule has 0 fully saturated rings. The molecule has 1 aliphatic carbocycles. The summed E-state index contributed by atoms with van der Waals surface area (Å²) in [5.41, 5.74) is -2.31. The molecule has 1 aliphatic rings. The van der Waals surface area contributed by atoms with Crippen LogP contribution >= 0.6 is 0 Å². The first-order chi connectivity index (χ1) is 10.2. The van der Waals surface area contributed by atoms with E-state index in [0.717, 1.165) is 0 Å². The van der Waals surface area contributed by atoms with Crippen molar-refractivity contribution in [3.05, 3.63) is 24.3 Å². The van der Waals surface area contributed by atoms with Crippen LogP contribution in [0.1, 0.15) is 20.8 Å².